The molecule has 6 heteroatoms. The van der Waals surface area contributed by atoms with Crippen LogP contribution in [0.5, 0.6) is 5.75 Å². The highest BCUT2D eigenvalue weighted by atomic mass is 19.1. The monoisotopic (exact) mass is 300 g/mol. The number of benzene rings is 2. The van der Waals surface area contributed by atoms with Crippen LogP contribution in [-0.2, 0) is 9.59 Å². The summed E-state index contributed by atoms with van der Waals surface area (Å²) in [5.41, 5.74) is 1.47. The SMILES string of the molecule is Cc1ccc2c(c1)NC(=O)[C@@H](C(=O)Nc1ccccc1F)O2. The maximum absolute atomic E-state index is 13.5. The highest BCUT2D eigenvalue weighted by molar-refractivity contribution is 6.15. The van der Waals surface area contributed by atoms with Crippen molar-refractivity contribution in [3.8, 4) is 5.75 Å². The first-order chi connectivity index (χ1) is 10.5. The fraction of sp³-hybridized carbons (Fsp3) is 0.125. The molecule has 0 saturated heterocycles. The lowest BCUT2D eigenvalue weighted by Crippen LogP contribution is -2.45. The average molecular weight is 300 g/mol. The minimum Gasteiger partial charge on any atom is -0.468 e. The Bertz CT molecular complexity index is 761. The lowest BCUT2D eigenvalue weighted by atomic mass is 10.1. The maximum Gasteiger partial charge on any atom is 0.275 e. The van der Waals surface area contributed by atoms with Crippen LogP contribution in [0.25, 0.3) is 0 Å². The number of anilines is 2. The zero-order chi connectivity index (χ0) is 15.7. The quantitative estimate of drug-likeness (QED) is 0.837. The first kappa shape index (κ1) is 14.1. The van der Waals surface area contributed by atoms with Gasteiger partial charge < -0.3 is 15.4 Å². The summed E-state index contributed by atoms with van der Waals surface area (Å²) in [5, 5.41) is 4.97. The number of nitrogens with one attached hydrogen (secondary N) is 2. The minimum atomic E-state index is -1.37. The van der Waals surface area contributed by atoms with Gasteiger partial charge >= 0.3 is 0 Å². The van der Waals surface area contributed by atoms with Gasteiger partial charge in [-0.15, -0.1) is 0 Å². The van der Waals surface area contributed by atoms with Crippen LogP contribution >= 0.6 is 0 Å². The number of carbonyl (C=O) groups is 2. The molecule has 0 bridgehead atoms. The minimum absolute atomic E-state index is 0.00129. The van der Waals surface area contributed by atoms with Gasteiger partial charge in [0.25, 0.3) is 17.9 Å². The van der Waals surface area contributed by atoms with Gasteiger partial charge in [0.2, 0.25) is 0 Å². The normalized spacial score (nSPS) is 16.3. The fourth-order valence-electron chi connectivity index (χ4n) is 2.16. The Morgan fingerprint density at radius 1 is 1.27 bits per heavy atom. The van der Waals surface area contributed by atoms with Crippen LogP contribution in [0.15, 0.2) is 42.5 Å². The predicted molar refractivity (Wildman–Crippen MR) is 79.3 cm³/mol. The Hall–Kier alpha value is -2.89. The average Bonchev–Trinajstić information content (AvgIpc) is 2.48. The predicted octanol–water partition coefficient (Wildman–Crippen LogP) is 2.47. The molecule has 22 heavy (non-hydrogen) atoms. The Balaban J connectivity index is 1.80. The highest BCUT2D eigenvalue weighted by Gasteiger charge is 2.34. The van der Waals surface area contributed by atoms with Crippen LogP contribution in [0.4, 0.5) is 15.8 Å². The van der Waals surface area contributed by atoms with E-state index in [0.29, 0.717) is 11.4 Å². The van der Waals surface area contributed by atoms with Crippen molar-refractivity contribution in [2.75, 3.05) is 10.6 Å². The van der Waals surface area contributed by atoms with Crippen molar-refractivity contribution < 1.29 is 18.7 Å². The third-order valence-corrected chi connectivity index (χ3v) is 3.25. The number of ether oxygens (including phenoxy) is 1. The van der Waals surface area contributed by atoms with E-state index in [4.69, 9.17) is 4.74 Å². The van der Waals surface area contributed by atoms with Gasteiger partial charge in [-0.05, 0) is 36.8 Å². The summed E-state index contributed by atoms with van der Waals surface area (Å²) < 4.78 is 19.0. The maximum atomic E-state index is 13.5. The number of aryl methyl sites for hydroxylation is 1. The Morgan fingerprint density at radius 3 is 2.82 bits per heavy atom. The van der Waals surface area contributed by atoms with Crippen LogP contribution in [-0.4, -0.2) is 17.9 Å². The number of amides is 2. The van der Waals surface area contributed by atoms with E-state index in [-0.39, 0.29) is 5.69 Å². The van der Waals surface area contributed by atoms with E-state index in [1.165, 1.54) is 18.2 Å². The lowest BCUT2D eigenvalue weighted by Gasteiger charge is -2.25. The molecule has 0 unspecified atom stereocenters. The first-order valence-corrected chi connectivity index (χ1v) is 6.68. The van der Waals surface area contributed by atoms with E-state index in [1.807, 2.05) is 13.0 Å². The summed E-state index contributed by atoms with van der Waals surface area (Å²) in [5.74, 6) is -1.50. The van der Waals surface area contributed by atoms with Crippen LogP contribution in [0, 0.1) is 12.7 Å². The van der Waals surface area contributed by atoms with Crippen LogP contribution < -0.4 is 15.4 Å². The molecule has 0 spiro atoms. The van der Waals surface area contributed by atoms with Crippen molar-refractivity contribution in [1.29, 1.82) is 0 Å². The molecule has 2 N–H and O–H groups in total. The molecule has 2 aromatic rings. The molecule has 0 radical (unpaired) electrons. The molecule has 0 saturated carbocycles. The van der Waals surface area contributed by atoms with Gasteiger partial charge in [0, 0.05) is 0 Å². The largest absolute Gasteiger partial charge is 0.468 e. The summed E-state index contributed by atoms with van der Waals surface area (Å²) >= 11 is 0. The molecule has 2 aromatic carbocycles. The molecule has 1 aliphatic rings. The van der Waals surface area contributed by atoms with E-state index in [9.17, 15) is 14.0 Å². The number of rotatable bonds is 2. The second-order valence-electron chi connectivity index (χ2n) is 4.96. The zero-order valence-electron chi connectivity index (χ0n) is 11.7. The van der Waals surface area contributed by atoms with Gasteiger partial charge in [0.1, 0.15) is 11.6 Å². The molecule has 3 rings (SSSR count). The third kappa shape index (κ3) is 2.63. The molecule has 0 aliphatic carbocycles. The van der Waals surface area contributed by atoms with Crippen molar-refractivity contribution in [2.45, 2.75) is 13.0 Å². The summed E-state index contributed by atoms with van der Waals surface area (Å²) in [7, 11) is 0. The number of halogens is 1. The molecule has 0 fully saturated rings. The standard InChI is InChI=1S/C16H13FN2O3/c1-9-6-7-13-12(8-9)19-16(21)14(22-13)15(20)18-11-5-3-2-4-10(11)17/h2-8,14H,1H3,(H,18,20)(H,19,21)/t14-/m1/s1. The lowest BCUT2D eigenvalue weighted by molar-refractivity contribution is -0.133. The smallest absolute Gasteiger partial charge is 0.275 e. The molecule has 2 amide bonds. The number of carbonyl (C=O) groups excluding carboxylic acids is 2. The number of hydrogen-bond donors (Lipinski definition) is 2. The topological polar surface area (TPSA) is 67.4 Å². The Labute approximate surface area is 126 Å². The van der Waals surface area contributed by atoms with Gasteiger partial charge in [-0.1, -0.05) is 18.2 Å². The zero-order valence-corrected chi connectivity index (χ0v) is 11.7. The fourth-order valence-corrected chi connectivity index (χ4v) is 2.16. The molecule has 1 aliphatic heterocycles. The van der Waals surface area contributed by atoms with E-state index >= 15 is 0 Å². The van der Waals surface area contributed by atoms with Crippen LogP contribution in [0.1, 0.15) is 5.56 Å². The molecule has 112 valence electrons. The van der Waals surface area contributed by atoms with E-state index in [2.05, 4.69) is 10.6 Å². The highest BCUT2D eigenvalue weighted by Crippen LogP contribution is 2.30. The van der Waals surface area contributed by atoms with Crippen molar-refractivity contribution in [2.24, 2.45) is 0 Å². The van der Waals surface area contributed by atoms with Crippen molar-refractivity contribution in [3.05, 3.63) is 53.8 Å². The van der Waals surface area contributed by atoms with E-state index in [0.717, 1.165) is 5.56 Å². The van der Waals surface area contributed by atoms with Crippen molar-refractivity contribution in [3.63, 3.8) is 0 Å². The Morgan fingerprint density at radius 2 is 2.05 bits per heavy atom. The summed E-state index contributed by atoms with van der Waals surface area (Å²) in [6.45, 7) is 1.88. The molecule has 0 aromatic heterocycles. The third-order valence-electron chi connectivity index (χ3n) is 3.25. The van der Waals surface area contributed by atoms with Gasteiger partial charge in [-0.2, -0.15) is 0 Å². The number of hydrogen-bond acceptors (Lipinski definition) is 3. The molecule has 5 nitrogen and oxygen atoms in total. The number of fused-ring (bicyclic) bond motifs is 1. The van der Waals surface area contributed by atoms with Crippen LogP contribution in [0.3, 0.4) is 0 Å². The second-order valence-corrected chi connectivity index (χ2v) is 4.96. The van der Waals surface area contributed by atoms with Gasteiger partial charge in [-0.25, -0.2) is 4.39 Å². The van der Waals surface area contributed by atoms with E-state index in [1.54, 1.807) is 18.2 Å². The van der Waals surface area contributed by atoms with Crippen LogP contribution in [0.2, 0.25) is 0 Å². The van der Waals surface area contributed by atoms with Gasteiger partial charge in [0.05, 0.1) is 11.4 Å². The summed E-state index contributed by atoms with van der Waals surface area (Å²) in [4.78, 5) is 24.1. The van der Waals surface area contributed by atoms with Gasteiger partial charge in [0.15, 0.2) is 0 Å². The first-order valence-electron chi connectivity index (χ1n) is 6.68. The van der Waals surface area contributed by atoms with E-state index < -0.39 is 23.7 Å². The Kier molecular flexibility index (Phi) is 3.50. The second kappa shape index (κ2) is 5.48. The molecular weight excluding hydrogens is 287 g/mol. The number of para-hydroxylation sites is 1. The molecule has 1 atom stereocenters. The van der Waals surface area contributed by atoms with Gasteiger partial charge in [-0.3, -0.25) is 9.59 Å². The summed E-state index contributed by atoms with van der Waals surface area (Å²) in [6, 6.07) is 10.9. The molecule has 1 heterocycles. The molecular formula is C16H13FN2O3. The summed E-state index contributed by atoms with van der Waals surface area (Å²) in [6.07, 6.45) is -1.37. The van der Waals surface area contributed by atoms with Crippen molar-refractivity contribution in [1.82, 2.24) is 0 Å². The van der Waals surface area contributed by atoms with Crippen molar-refractivity contribution >= 4 is 23.2 Å².